The summed E-state index contributed by atoms with van der Waals surface area (Å²) in [6.45, 7) is 0.566. The van der Waals surface area contributed by atoms with E-state index in [9.17, 15) is 4.79 Å². The molecule has 1 aromatic carbocycles. The Morgan fingerprint density at radius 3 is 2.96 bits per heavy atom. The van der Waals surface area contributed by atoms with Crippen molar-refractivity contribution in [3.05, 3.63) is 65.1 Å². The molecule has 4 rings (SSSR count). The average molecular weight is 365 g/mol. The Kier molecular flexibility index (Phi) is 4.75. The minimum absolute atomic E-state index is 0.0243. The summed E-state index contributed by atoms with van der Waals surface area (Å²) in [5.41, 5.74) is 3.62. The van der Waals surface area contributed by atoms with Gasteiger partial charge in [0.2, 0.25) is 11.8 Å². The van der Waals surface area contributed by atoms with Gasteiger partial charge >= 0.3 is 0 Å². The lowest BCUT2D eigenvalue weighted by Gasteiger charge is -2.19. The topological polar surface area (TPSA) is 77.0 Å². The van der Waals surface area contributed by atoms with Crippen LogP contribution in [-0.2, 0) is 37.6 Å². The van der Waals surface area contributed by atoms with E-state index >= 15 is 0 Å². The van der Waals surface area contributed by atoms with E-state index in [1.807, 2.05) is 48.3 Å². The molecule has 0 radical (unpaired) electrons. The van der Waals surface area contributed by atoms with Gasteiger partial charge < -0.3 is 9.42 Å². The van der Waals surface area contributed by atoms with Gasteiger partial charge in [-0.05, 0) is 24.0 Å². The highest BCUT2D eigenvalue weighted by atomic mass is 16.5. The SMILES string of the molecule is CN(Cc1ccccc1)C(=O)Cc1noc([C@H]2CCc3cnn(C)c3C2)n1. The second kappa shape index (κ2) is 7.34. The van der Waals surface area contributed by atoms with Crippen molar-refractivity contribution >= 4 is 5.91 Å². The van der Waals surface area contributed by atoms with Crippen molar-refractivity contribution in [2.45, 2.75) is 38.1 Å². The van der Waals surface area contributed by atoms with Crippen LogP contribution in [0, 0.1) is 0 Å². The number of rotatable bonds is 5. The maximum absolute atomic E-state index is 12.5. The van der Waals surface area contributed by atoms with Gasteiger partial charge in [0.05, 0.1) is 12.6 Å². The minimum Gasteiger partial charge on any atom is -0.341 e. The number of hydrogen-bond acceptors (Lipinski definition) is 5. The van der Waals surface area contributed by atoms with Gasteiger partial charge in [0.25, 0.3) is 0 Å². The van der Waals surface area contributed by atoms with E-state index in [-0.39, 0.29) is 18.2 Å². The number of aromatic nitrogens is 4. The first-order valence-corrected chi connectivity index (χ1v) is 9.20. The standard InChI is InChI=1S/C20H23N5O2/c1-24(13-14-6-4-3-5-7-14)19(26)11-18-22-20(27-23-18)15-8-9-16-12-21-25(2)17(16)10-15/h3-7,12,15H,8-11,13H2,1-2H3/t15-/m0/s1. The van der Waals surface area contributed by atoms with E-state index in [0.717, 1.165) is 24.8 Å². The van der Waals surface area contributed by atoms with E-state index in [4.69, 9.17) is 4.52 Å². The number of fused-ring (bicyclic) bond motifs is 1. The highest BCUT2D eigenvalue weighted by Crippen LogP contribution is 2.31. The maximum atomic E-state index is 12.5. The van der Waals surface area contributed by atoms with Crippen molar-refractivity contribution in [2.75, 3.05) is 7.05 Å². The number of aryl methyl sites for hydroxylation is 2. The molecule has 0 spiro atoms. The zero-order chi connectivity index (χ0) is 18.8. The van der Waals surface area contributed by atoms with Crippen molar-refractivity contribution in [3.63, 3.8) is 0 Å². The van der Waals surface area contributed by atoms with Crippen LogP contribution < -0.4 is 0 Å². The van der Waals surface area contributed by atoms with Crippen LogP contribution in [0.4, 0.5) is 0 Å². The predicted molar refractivity (Wildman–Crippen MR) is 98.9 cm³/mol. The number of carbonyl (C=O) groups excluding carboxylic acids is 1. The molecule has 0 saturated carbocycles. The van der Waals surface area contributed by atoms with Gasteiger partial charge in [-0.2, -0.15) is 10.1 Å². The molecule has 27 heavy (non-hydrogen) atoms. The van der Waals surface area contributed by atoms with E-state index in [1.165, 1.54) is 11.3 Å². The quantitative estimate of drug-likeness (QED) is 0.693. The number of benzene rings is 1. The number of likely N-dealkylation sites (N-methyl/N-ethyl adjacent to an activating group) is 1. The molecule has 0 aliphatic heterocycles. The Morgan fingerprint density at radius 2 is 2.15 bits per heavy atom. The summed E-state index contributed by atoms with van der Waals surface area (Å²) in [4.78, 5) is 18.7. The molecule has 1 aliphatic rings. The van der Waals surface area contributed by atoms with Crippen LogP contribution in [0.2, 0.25) is 0 Å². The molecule has 7 nitrogen and oxygen atoms in total. The summed E-state index contributed by atoms with van der Waals surface area (Å²) in [6.07, 6.45) is 4.85. The first-order valence-electron chi connectivity index (χ1n) is 9.20. The summed E-state index contributed by atoms with van der Waals surface area (Å²) >= 11 is 0. The van der Waals surface area contributed by atoms with Crippen molar-refractivity contribution in [1.82, 2.24) is 24.8 Å². The molecular formula is C20H23N5O2. The molecule has 1 atom stereocenters. The number of amides is 1. The lowest BCUT2D eigenvalue weighted by molar-refractivity contribution is -0.129. The maximum Gasteiger partial charge on any atom is 0.230 e. The number of nitrogens with zero attached hydrogens (tertiary/aromatic N) is 5. The number of carbonyl (C=O) groups is 1. The monoisotopic (exact) mass is 365 g/mol. The Bertz CT molecular complexity index is 931. The molecule has 1 aliphatic carbocycles. The Hall–Kier alpha value is -2.96. The van der Waals surface area contributed by atoms with Crippen LogP contribution in [0.5, 0.6) is 0 Å². The molecule has 0 N–H and O–H groups in total. The Balaban J connectivity index is 1.38. The fourth-order valence-corrected chi connectivity index (χ4v) is 3.58. The van der Waals surface area contributed by atoms with E-state index in [0.29, 0.717) is 18.3 Å². The van der Waals surface area contributed by atoms with Gasteiger partial charge in [0.1, 0.15) is 0 Å². The van der Waals surface area contributed by atoms with Gasteiger partial charge in [-0.15, -0.1) is 0 Å². The van der Waals surface area contributed by atoms with Gasteiger partial charge in [-0.3, -0.25) is 9.48 Å². The molecule has 0 unspecified atom stereocenters. The molecule has 3 aromatic rings. The largest absolute Gasteiger partial charge is 0.341 e. The normalized spacial score (nSPS) is 16.1. The van der Waals surface area contributed by atoms with Crippen LogP contribution in [0.25, 0.3) is 0 Å². The molecule has 0 bridgehead atoms. The smallest absolute Gasteiger partial charge is 0.230 e. The van der Waals surface area contributed by atoms with E-state index in [2.05, 4.69) is 15.2 Å². The predicted octanol–water partition coefficient (Wildman–Crippen LogP) is 2.28. The summed E-state index contributed by atoms with van der Waals surface area (Å²) in [7, 11) is 3.75. The lowest BCUT2D eigenvalue weighted by Crippen LogP contribution is -2.28. The van der Waals surface area contributed by atoms with Crippen LogP contribution in [0.15, 0.2) is 41.1 Å². The van der Waals surface area contributed by atoms with E-state index in [1.54, 1.807) is 11.9 Å². The highest BCUT2D eigenvalue weighted by molar-refractivity contribution is 5.77. The van der Waals surface area contributed by atoms with Gasteiger partial charge in [-0.1, -0.05) is 35.5 Å². The zero-order valence-electron chi connectivity index (χ0n) is 15.6. The lowest BCUT2D eigenvalue weighted by atomic mass is 9.88. The molecule has 2 aromatic heterocycles. The summed E-state index contributed by atoms with van der Waals surface area (Å²) in [5.74, 6) is 1.23. The third-order valence-electron chi connectivity index (χ3n) is 5.18. The first kappa shape index (κ1) is 17.5. The minimum atomic E-state index is -0.0243. The van der Waals surface area contributed by atoms with E-state index < -0.39 is 0 Å². The van der Waals surface area contributed by atoms with Crippen molar-refractivity contribution in [1.29, 1.82) is 0 Å². The van der Waals surface area contributed by atoms with Crippen molar-refractivity contribution in [2.24, 2.45) is 7.05 Å². The second-order valence-corrected chi connectivity index (χ2v) is 7.14. The van der Waals surface area contributed by atoms with Crippen LogP contribution >= 0.6 is 0 Å². The summed E-state index contributed by atoms with van der Waals surface area (Å²) < 4.78 is 7.39. The number of hydrogen-bond donors (Lipinski definition) is 0. The average Bonchev–Trinajstić information content (AvgIpc) is 3.29. The Labute approximate surface area is 158 Å². The zero-order valence-corrected chi connectivity index (χ0v) is 15.6. The summed E-state index contributed by atoms with van der Waals surface area (Å²) in [6, 6.07) is 9.91. The molecule has 1 amide bonds. The fraction of sp³-hybridized carbons (Fsp3) is 0.400. The molecule has 0 saturated heterocycles. The van der Waals surface area contributed by atoms with Crippen LogP contribution in [0.3, 0.4) is 0 Å². The molecule has 2 heterocycles. The third kappa shape index (κ3) is 3.77. The van der Waals surface area contributed by atoms with Gasteiger partial charge in [-0.25, -0.2) is 0 Å². The van der Waals surface area contributed by atoms with Crippen LogP contribution in [-0.4, -0.2) is 37.8 Å². The Morgan fingerprint density at radius 1 is 1.33 bits per heavy atom. The highest BCUT2D eigenvalue weighted by Gasteiger charge is 2.27. The molecule has 140 valence electrons. The third-order valence-corrected chi connectivity index (χ3v) is 5.18. The molecule has 7 heteroatoms. The summed E-state index contributed by atoms with van der Waals surface area (Å²) in [5, 5.41) is 8.36. The van der Waals surface area contributed by atoms with Crippen LogP contribution in [0.1, 0.15) is 40.9 Å². The second-order valence-electron chi connectivity index (χ2n) is 7.14. The van der Waals surface area contributed by atoms with Crippen molar-refractivity contribution in [3.8, 4) is 0 Å². The molecular weight excluding hydrogens is 342 g/mol. The van der Waals surface area contributed by atoms with Crippen molar-refractivity contribution < 1.29 is 9.32 Å². The first-order chi connectivity index (χ1) is 13.1. The van der Waals surface area contributed by atoms with Gasteiger partial charge in [0.15, 0.2) is 5.82 Å². The van der Waals surface area contributed by atoms with Gasteiger partial charge in [0, 0.05) is 38.7 Å². The molecule has 0 fully saturated rings. The fourth-order valence-electron chi connectivity index (χ4n) is 3.58.